The summed E-state index contributed by atoms with van der Waals surface area (Å²) in [5.41, 5.74) is 4.07. The van der Waals surface area contributed by atoms with E-state index in [4.69, 9.17) is 9.47 Å². The van der Waals surface area contributed by atoms with Crippen molar-refractivity contribution in [3.8, 4) is 5.75 Å². The third-order valence-corrected chi connectivity index (χ3v) is 5.63. The Morgan fingerprint density at radius 1 is 1.18 bits per heavy atom. The first kappa shape index (κ1) is 18.6. The summed E-state index contributed by atoms with van der Waals surface area (Å²) in [7, 11) is 1.60. The van der Waals surface area contributed by atoms with Crippen molar-refractivity contribution >= 4 is 11.7 Å². The molecule has 1 fully saturated rings. The number of methoxy groups -OCH3 is 1. The molecular weight excluding hydrogens is 354 g/mol. The maximum absolute atomic E-state index is 12.7. The predicted molar refractivity (Wildman–Crippen MR) is 107 cm³/mol. The van der Waals surface area contributed by atoms with Crippen LogP contribution in [0.3, 0.4) is 0 Å². The van der Waals surface area contributed by atoms with Gasteiger partial charge in [-0.2, -0.15) is 0 Å². The minimum absolute atomic E-state index is 0.0604. The molecule has 146 valence electrons. The topological polar surface area (TPSA) is 59.0 Å². The molecule has 2 bridgehead atoms. The first-order chi connectivity index (χ1) is 13.7. The molecule has 0 radical (unpaired) electrons. The quantitative estimate of drug-likeness (QED) is 0.848. The Morgan fingerprint density at radius 2 is 2.00 bits per heavy atom. The molecule has 0 aliphatic carbocycles. The van der Waals surface area contributed by atoms with Crippen LogP contribution >= 0.6 is 0 Å². The second kappa shape index (κ2) is 8.07. The van der Waals surface area contributed by atoms with E-state index < -0.39 is 0 Å². The smallest absolute Gasteiger partial charge is 0.410 e. The van der Waals surface area contributed by atoms with Gasteiger partial charge in [0.25, 0.3) is 0 Å². The highest BCUT2D eigenvalue weighted by Crippen LogP contribution is 2.39. The number of carbonyl (C=O) groups is 1. The first-order valence-corrected chi connectivity index (χ1v) is 9.67. The average molecular weight is 379 g/mol. The van der Waals surface area contributed by atoms with E-state index in [0.717, 1.165) is 36.0 Å². The van der Waals surface area contributed by atoms with Crippen LogP contribution in [0.25, 0.3) is 5.57 Å². The minimum atomic E-state index is -0.238. The van der Waals surface area contributed by atoms with Crippen molar-refractivity contribution < 1.29 is 19.4 Å². The highest BCUT2D eigenvalue weighted by Gasteiger charge is 2.40. The van der Waals surface area contributed by atoms with Gasteiger partial charge in [0.05, 0.1) is 19.8 Å². The second-order valence-electron chi connectivity index (χ2n) is 7.33. The SMILES string of the molecule is COc1ccc(C2=CC3CCC(C2)N3C(=O)OCc2ccccc2)cc1CO. The Kier molecular flexibility index (Phi) is 5.35. The number of amides is 1. The van der Waals surface area contributed by atoms with Gasteiger partial charge < -0.3 is 14.6 Å². The molecular formula is C23H25NO4. The molecule has 1 N–H and O–H groups in total. The predicted octanol–water partition coefficient (Wildman–Crippen LogP) is 4.14. The molecule has 2 aromatic rings. The average Bonchev–Trinajstić information content (AvgIpc) is 3.01. The van der Waals surface area contributed by atoms with Crippen LogP contribution in [0.15, 0.2) is 54.6 Å². The van der Waals surface area contributed by atoms with Gasteiger partial charge in [0.2, 0.25) is 0 Å². The lowest BCUT2D eigenvalue weighted by molar-refractivity contribution is 0.0832. The van der Waals surface area contributed by atoms with Crippen LogP contribution in [0.1, 0.15) is 36.0 Å². The zero-order chi connectivity index (χ0) is 19.5. The van der Waals surface area contributed by atoms with Crippen LogP contribution in [-0.2, 0) is 18.0 Å². The van der Waals surface area contributed by atoms with Crippen molar-refractivity contribution in [3.63, 3.8) is 0 Å². The van der Waals surface area contributed by atoms with Gasteiger partial charge >= 0.3 is 6.09 Å². The number of nitrogens with zero attached hydrogens (tertiary/aromatic N) is 1. The van der Waals surface area contributed by atoms with Crippen LogP contribution in [0.4, 0.5) is 4.79 Å². The van der Waals surface area contributed by atoms with E-state index in [1.807, 2.05) is 53.4 Å². The van der Waals surface area contributed by atoms with Crippen molar-refractivity contribution in [3.05, 3.63) is 71.3 Å². The monoisotopic (exact) mass is 379 g/mol. The summed E-state index contributed by atoms with van der Waals surface area (Å²) in [5.74, 6) is 0.691. The lowest BCUT2D eigenvalue weighted by atomic mass is 9.93. The molecule has 5 heteroatoms. The minimum Gasteiger partial charge on any atom is -0.496 e. The summed E-state index contributed by atoms with van der Waals surface area (Å²) in [4.78, 5) is 14.6. The van der Waals surface area contributed by atoms with E-state index in [9.17, 15) is 9.90 Å². The summed E-state index contributed by atoms with van der Waals surface area (Å²) in [6, 6.07) is 15.9. The molecule has 1 saturated heterocycles. The summed E-state index contributed by atoms with van der Waals surface area (Å²) in [6.45, 7) is 0.236. The van der Waals surface area contributed by atoms with Gasteiger partial charge in [-0.3, -0.25) is 4.90 Å². The fourth-order valence-electron chi connectivity index (χ4n) is 4.22. The van der Waals surface area contributed by atoms with E-state index in [1.165, 1.54) is 5.57 Å². The van der Waals surface area contributed by atoms with Gasteiger partial charge in [-0.25, -0.2) is 4.79 Å². The first-order valence-electron chi connectivity index (χ1n) is 9.67. The molecule has 2 unspecified atom stereocenters. The largest absolute Gasteiger partial charge is 0.496 e. The van der Waals surface area contributed by atoms with Crippen molar-refractivity contribution in [2.75, 3.05) is 7.11 Å². The number of aliphatic hydroxyl groups excluding tert-OH is 1. The van der Waals surface area contributed by atoms with Crippen LogP contribution in [0.5, 0.6) is 5.75 Å². The van der Waals surface area contributed by atoms with E-state index in [1.54, 1.807) is 7.11 Å². The van der Waals surface area contributed by atoms with E-state index in [0.29, 0.717) is 12.4 Å². The second-order valence-corrected chi connectivity index (χ2v) is 7.33. The summed E-state index contributed by atoms with van der Waals surface area (Å²) < 4.78 is 10.9. The van der Waals surface area contributed by atoms with Gasteiger partial charge in [-0.1, -0.05) is 42.5 Å². The lowest BCUT2D eigenvalue weighted by Gasteiger charge is -2.33. The fraction of sp³-hybridized carbons (Fsp3) is 0.348. The van der Waals surface area contributed by atoms with Crippen LogP contribution < -0.4 is 4.74 Å². The fourth-order valence-corrected chi connectivity index (χ4v) is 4.22. The molecule has 2 aliphatic rings. The zero-order valence-electron chi connectivity index (χ0n) is 16.0. The number of aliphatic hydroxyl groups is 1. The third-order valence-electron chi connectivity index (χ3n) is 5.63. The maximum Gasteiger partial charge on any atom is 0.410 e. The van der Waals surface area contributed by atoms with Crippen LogP contribution in [0.2, 0.25) is 0 Å². The lowest BCUT2D eigenvalue weighted by Crippen LogP contribution is -2.43. The third kappa shape index (κ3) is 3.62. The van der Waals surface area contributed by atoms with Crippen LogP contribution in [0, 0.1) is 0 Å². The van der Waals surface area contributed by atoms with Crippen molar-refractivity contribution in [2.24, 2.45) is 0 Å². The number of hydrogen-bond donors (Lipinski definition) is 1. The molecule has 0 saturated carbocycles. The molecule has 0 aromatic heterocycles. The number of hydrogen-bond acceptors (Lipinski definition) is 4. The summed E-state index contributed by atoms with van der Waals surface area (Å²) >= 11 is 0. The molecule has 2 aliphatic heterocycles. The highest BCUT2D eigenvalue weighted by molar-refractivity contribution is 5.75. The number of carbonyl (C=O) groups excluding carboxylic acids is 1. The van der Waals surface area contributed by atoms with Gasteiger partial charge in [0, 0.05) is 11.6 Å². The maximum atomic E-state index is 12.7. The number of fused-ring (bicyclic) bond motifs is 2. The van der Waals surface area contributed by atoms with Crippen molar-refractivity contribution in [1.29, 1.82) is 0 Å². The Morgan fingerprint density at radius 3 is 2.71 bits per heavy atom. The number of ether oxygens (including phenoxy) is 2. The molecule has 5 nitrogen and oxygen atoms in total. The van der Waals surface area contributed by atoms with E-state index >= 15 is 0 Å². The van der Waals surface area contributed by atoms with Crippen LogP contribution in [-0.4, -0.2) is 35.3 Å². The standard InChI is InChI=1S/C23H25NO4/c1-27-22-10-7-17(11-19(22)14-25)18-12-20-8-9-21(13-18)24(20)23(26)28-15-16-5-3-2-4-6-16/h2-7,10-12,20-21,25H,8-9,13-15H2,1H3. The Labute approximate surface area is 165 Å². The zero-order valence-corrected chi connectivity index (χ0v) is 16.0. The summed E-state index contributed by atoms with van der Waals surface area (Å²) in [5, 5.41) is 9.59. The number of benzene rings is 2. The van der Waals surface area contributed by atoms with E-state index in [2.05, 4.69) is 6.08 Å². The Balaban J connectivity index is 1.48. The van der Waals surface area contributed by atoms with Gasteiger partial charge in [-0.15, -0.1) is 0 Å². The van der Waals surface area contributed by atoms with Crippen molar-refractivity contribution in [2.45, 2.75) is 44.6 Å². The summed E-state index contributed by atoms with van der Waals surface area (Å²) in [6.07, 6.45) is 4.67. The van der Waals surface area contributed by atoms with Gasteiger partial charge in [0.1, 0.15) is 12.4 Å². The molecule has 4 rings (SSSR count). The van der Waals surface area contributed by atoms with Gasteiger partial charge in [0.15, 0.2) is 0 Å². The molecule has 2 aromatic carbocycles. The Hall–Kier alpha value is -2.79. The van der Waals surface area contributed by atoms with Gasteiger partial charge in [-0.05, 0) is 48.1 Å². The molecule has 2 atom stereocenters. The number of rotatable bonds is 5. The molecule has 2 heterocycles. The molecule has 1 amide bonds. The molecule has 0 spiro atoms. The normalized spacial score (nSPS) is 20.6. The molecule has 28 heavy (non-hydrogen) atoms. The Bertz CT molecular complexity index is 877. The van der Waals surface area contributed by atoms with Crippen molar-refractivity contribution in [1.82, 2.24) is 4.90 Å². The highest BCUT2D eigenvalue weighted by atomic mass is 16.6. The van der Waals surface area contributed by atoms with E-state index in [-0.39, 0.29) is 24.8 Å².